The molecule has 0 radical (unpaired) electrons. The minimum atomic E-state index is -4.15. The molecule has 23 heavy (non-hydrogen) atoms. The summed E-state index contributed by atoms with van der Waals surface area (Å²) < 4.78 is 10.9. The van der Waals surface area contributed by atoms with Crippen LogP contribution in [0.4, 0.5) is 5.69 Å². The summed E-state index contributed by atoms with van der Waals surface area (Å²) in [6.07, 6.45) is -0.386. The van der Waals surface area contributed by atoms with Crippen molar-refractivity contribution < 1.29 is 29.0 Å². The van der Waals surface area contributed by atoms with Crippen LogP contribution in [0, 0.1) is 0 Å². The van der Waals surface area contributed by atoms with E-state index in [4.69, 9.17) is 14.9 Å². The Morgan fingerprint density at radius 2 is 1.52 bits per heavy atom. The first kappa shape index (κ1) is 16.9. The molecule has 0 saturated carbocycles. The number of amides is 1. The average Bonchev–Trinajstić information content (AvgIpc) is 2.47. The zero-order valence-corrected chi connectivity index (χ0v) is 12.7. The predicted molar refractivity (Wildman–Crippen MR) is 83.5 cm³/mol. The van der Waals surface area contributed by atoms with Crippen molar-refractivity contribution in [1.82, 2.24) is 0 Å². The monoisotopic (exact) mass is 335 g/mol. The molecular weight excluding hydrogens is 321 g/mol. The van der Waals surface area contributed by atoms with E-state index in [2.05, 4.69) is 5.32 Å². The Morgan fingerprint density at radius 3 is 2.04 bits per heavy atom. The Balaban J connectivity index is 2.15. The Kier molecular flexibility index (Phi) is 4.95. The van der Waals surface area contributed by atoms with Gasteiger partial charge in [0, 0.05) is 5.69 Å². The number of rotatable bonds is 5. The molecule has 2 rings (SSSR count). The van der Waals surface area contributed by atoms with E-state index in [-0.39, 0.29) is 17.3 Å². The van der Waals surface area contributed by atoms with Gasteiger partial charge >= 0.3 is 13.6 Å². The summed E-state index contributed by atoms with van der Waals surface area (Å²) in [5.41, 5.74) is 0.745. The Hall–Kier alpha value is -2.47. The van der Waals surface area contributed by atoms with E-state index in [1.807, 2.05) is 0 Å². The highest BCUT2D eigenvalue weighted by Gasteiger charge is 2.16. The van der Waals surface area contributed by atoms with Crippen LogP contribution in [-0.4, -0.2) is 26.8 Å². The van der Waals surface area contributed by atoms with Crippen molar-refractivity contribution in [3.8, 4) is 0 Å². The third-order valence-electron chi connectivity index (χ3n) is 3.00. The van der Waals surface area contributed by atoms with Gasteiger partial charge in [-0.25, -0.2) is 4.79 Å². The van der Waals surface area contributed by atoms with Gasteiger partial charge in [-0.3, -0.25) is 9.36 Å². The van der Waals surface area contributed by atoms with Crippen molar-refractivity contribution in [2.24, 2.45) is 0 Å². The number of anilines is 1. The van der Waals surface area contributed by atoms with Crippen LogP contribution in [0.3, 0.4) is 0 Å². The van der Waals surface area contributed by atoms with Crippen molar-refractivity contribution in [3.63, 3.8) is 0 Å². The van der Waals surface area contributed by atoms with Gasteiger partial charge in [-0.05, 0) is 29.8 Å². The maximum atomic E-state index is 12.2. The molecule has 0 unspecified atom stereocenters. The number of hydrogen-bond acceptors (Lipinski definition) is 3. The van der Waals surface area contributed by atoms with Gasteiger partial charge in [0.15, 0.2) is 0 Å². The molecule has 0 aliphatic carbocycles. The van der Waals surface area contributed by atoms with Crippen LogP contribution in [0.5, 0.6) is 0 Å². The third kappa shape index (κ3) is 4.75. The van der Waals surface area contributed by atoms with Crippen LogP contribution in [0.2, 0.25) is 0 Å². The van der Waals surface area contributed by atoms with E-state index >= 15 is 0 Å². The quantitative estimate of drug-likeness (QED) is 0.622. The maximum Gasteiger partial charge on any atom is 0.336 e. The highest BCUT2D eigenvalue weighted by Crippen LogP contribution is 2.39. The topological polar surface area (TPSA) is 124 Å². The van der Waals surface area contributed by atoms with Crippen molar-refractivity contribution in [2.45, 2.75) is 6.16 Å². The molecule has 1 amide bonds. The molecule has 0 aromatic heterocycles. The zero-order valence-electron chi connectivity index (χ0n) is 11.8. The first-order valence-electron chi connectivity index (χ1n) is 6.53. The second-order valence-corrected chi connectivity index (χ2v) is 6.47. The molecule has 120 valence electrons. The van der Waals surface area contributed by atoms with Gasteiger partial charge in [0.1, 0.15) is 0 Å². The SMILES string of the molecule is O=C(O)c1ccccc1C(=O)Nc1ccc(CP(=O)(O)O)cc1. The van der Waals surface area contributed by atoms with Gasteiger partial charge in [0.2, 0.25) is 0 Å². The summed E-state index contributed by atoms with van der Waals surface area (Å²) >= 11 is 0. The fourth-order valence-corrected chi connectivity index (χ4v) is 2.68. The lowest BCUT2D eigenvalue weighted by Gasteiger charge is -2.09. The minimum Gasteiger partial charge on any atom is -0.478 e. The molecule has 0 heterocycles. The Bertz CT molecular complexity index is 781. The van der Waals surface area contributed by atoms with Crippen LogP contribution in [0.1, 0.15) is 26.3 Å². The number of aromatic carboxylic acids is 1. The molecule has 0 bridgehead atoms. The van der Waals surface area contributed by atoms with E-state index in [0.717, 1.165) is 0 Å². The van der Waals surface area contributed by atoms with Crippen molar-refractivity contribution in [1.29, 1.82) is 0 Å². The molecule has 2 aromatic carbocycles. The summed E-state index contributed by atoms with van der Waals surface area (Å²) in [5, 5.41) is 11.6. The number of carboxylic acid groups (broad SMARTS) is 1. The number of nitrogens with one attached hydrogen (secondary N) is 1. The largest absolute Gasteiger partial charge is 0.478 e. The molecule has 0 saturated heterocycles. The lowest BCUT2D eigenvalue weighted by atomic mass is 10.1. The van der Waals surface area contributed by atoms with Crippen LogP contribution < -0.4 is 5.32 Å². The van der Waals surface area contributed by atoms with Crippen LogP contribution in [0.25, 0.3) is 0 Å². The lowest BCUT2D eigenvalue weighted by Crippen LogP contribution is -2.16. The number of benzene rings is 2. The van der Waals surface area contributed by atoms with Gasteiger partial charge in [0.25, 0.3) is 5.91 Å². The fourth-order valence-electron chi connectivity index (χ4n) is 2.00. The lowest BCUT2D eigenvalue weighted by molar-refractivity contribution is 0.0692. The van der Waals surface area contributed by atoms with Gasteiger partial charge < -0.3 is 20.2 Å². The molecule has 0 fully saturated rings. The number of carboxylic acids is 1. The summed E-state index contributed by atoms with van der Waals surface area (Å²) in [7, 11) is -4.15. The summed E-state index contributed by atoms with van der Waals surface area (Å²) in [6.45, 7) is 0. The van der Waals surface area contributed by atoms with Gasteiger partial charge in [0.05, 0.1) is 17.3 Å². The molecule has 2 aromatic rings. The summed E-state index contributed by atoms with van der Waals surface area (Å²) in [5.74, 6) is -1.78. The molecule has 7 nitrogen and oxygen atoms in total. The second kappa shape index (κ2) is 6.75. The summed E-state index contributed by atoms with van der Waals surface area (Å²) in [4.78, 5) is 41.1. The molecule has 4 N–H and O–H groups in total. The molecule has 0 aliphatic heterocycles. The number of carbonyl (C=O) groups is 2. The van der Waals surface area contributed by atoms with Crippen LogP contribution in [0.15, 0.2) is 48.5 Å². The fraction of sp³-hybridized carbons (Fsp3) is 0.0667. The van der Waals surface area contributed by atoms with E-state index < -0.39 is 19.5 Å². The molecule has 8 heteroatoms. The predicted octanol–water partition coefficient (Wildman–Crippen LogP) is 2.31. The minimum absolute atomic E-state index is 0.0271. The number of hydrogen-bond donors (Lipinski definition) is 4. The first-order valence-corrected chi connectivity index (χ1v) is 8.33. The van der Waals surface area contributed by atoms with E-state index in [9.17, 15) is 14.2 Å². The van der Waals surface area contributed by atoms with E-state index in [0.29, 0.717) is 11.3 Å². The molecular formula is C15H14NO6P. The van der Waals surface area contributed by atoms with Gasteiger partial charge in [-0.1, -0.05) is 24.3 Å². The number of carbonyl (C=O) groups excluding carboxylic acids is 1. The Labute approximate surface area is 131 Å². The highest BCUT2D eigenvalue weighted by atomic mass is 31.2. The standard InChI is InChI=1S/C15H14NO6P/c17-14(12-3-1-2-4-13(12)15(18)19)16-11-7-5-10(6-8-11)9-23(20,21)22/h1-8H,9H2,(H,16,17)(H,18,19)(H2,20,21,22). The van der Waals surface area contributed by atoms with Crippen LogP contribution >= 0.6 is 7.60 Å². The van der Waals surface area contributed by atoms with E-state index in [1.165, 1.54) is 42.5 Å². The van der Waals surface area contributed by atoms with Crippen molar-refractivity contribution in [2.75, 3.05) is 5.32 Å². The van der Waals surface area contributed by atoms with Crippen LogP contribution in [-0.2, 0) is 10.7 Å². The zero-order chi connectivity index (χ0) is 17.0. The Morgan fingerprint density at radius 1 is 0.957 bits per heavy atom. The summed E-state index contributed by atoms with van der Waals surface area (Å²) in [6, 6.07) is 11.8. The van der Waals surface area contributed by atoms with Gasteiger partial charge in [-0.15, -0.1) is 0 Å². The molecule has 0 spiro atoms. The third-order valence-corrected chi connectivity index (χ3v) is 3.78. The van der Waals surface area contributed by atoms with Crippen molar-refractivity contribution in [3.05, 3.63) is 65.2 Å². The van der Waals surface area contributed by atoms with Gasteiger partial charge in [-0.2, -0.15) is 0 Å². The normalized spacial score (nSPS) is 11.0. The molecule has 0 atom stereocenters. The highest BCUT2D eigenvalue weighted by molar-refractivity contribution is 7.50. The van der Waals surface area contributed by atoms with Crippen molar-refractivity contribution >= 4 is 25.2 Å². The average molecular weight is 335 g/mol. The van der Waals surface area contributed by atoms with E-state index in [1.54, 1.807) is 6.07 Å². The first-order chi connectivity index (χ1) is 10.8. The molecule has 0 aliphatic rings. The smallest absolute Gasteiger partial charge is 0.336 e. The maximum absolute atomic E-state index is 12.2. The second-order valence-electron chi connectivity index (χ2n) is 4.82.